The molecule has 0 radical (unpaired) electrons. The third-order valence-electron chi connectivity index (χ3n) is 3.78. The molecule has 0 atom stereocenters. The van der Waals surface area contributed by atoms with Gasteiger partial charge in [-0.3, -0.25) is 14.0 Å². The largest absolute Gasteiger partial charge is 0.340 e. The van der Waals surface area contributed by atoms with Crippen molar-refractivity contribution in [3.63, 3.8) is 0 Å². The Labute approximate surface area is 151 Å². The molecule has 0 fully saturated rings. The molecule has 2 heterocycles. The summed E-state index contributed by atoms with van der Waals surface area (Å²) in [4.78, 5) is 31.5. The average Bonchev–Trinajstić information content (AvgIpc) is 3.00. The van der Waals surface area contributed by atoms with E-state index in [1.807, 2.05) is 10.3 Å². The van der Waals surface area contributed by atoms with Gasteiger partial charge in [0.05, 0.1) is 11.4 Å². The molecule has 2 aromatic rings. The molecule has 0 saturated heterocycles. The van der Waals surface area contributed by atoms with Crippen molar-refractivity contribution < 1.29 is 4.79 Å². The first-order chi connectivity index (χ1) is 11.5. The van der Waals surface area contributed by atoms with Crippen molar-refractivity contribution in [2.75, 3.05) is 12.3 Å². The summed E-state index contributed by atoms with van der Waals surface area (Å²) in [5, 5.41) is 1.85. The average molecular weight is 368 g/mol. The molecule has 0 bridgehead atoms. The highest BCUT2D eigenvalue weighted by atomic mass is 32.2. The Bertz CT molecular complexity index is 724. The number of rotatable bonds is 9. The molecule has 0 spiro atoms. The fourth-order valence-corrected chi connectivity index (χ4v) is 4.03. The quantitative estimate of drug-likeness (QED) is 0.637. The van der Waals surface area contributed by atoms with Crippen LogP contribution in [0.15, 0.2) is 22.4 Å². The molecule has 2 rings (SSSR count). The topological polar surface area (TPSA) is 54.7 Å². The molecular formula is C17H25N3O2S2. The molecule has 0 aliphatic rings. The van der Waals surface area contributed by atoms with Crippen LogP contribution >= 0.6 is 23.1 Å². The highest BCUT2D eigenvalue weighted by molar-refractivity contribution is 7.99. The maximum atomic E-state index is 12.4. The minimum atomic E-state index is -0.0634. The molecule has 0 aliphatic heterocycles. The highest BCUT2D eigenvalue weighted by Gasteiger charge is 2.16. The van der Waals surface area contributed by atoms with Gasteiger partial charge in [0.15, 0.2) is 4.96 Å². The van der Waals surface area contributed by atoms with Crippen molar-refractivity contribution in [2.45, 2.75) is 51.8 Å². The summed E-state index contributed by atoms with van der Waals surface area (Å²) in [5.41, 5.74) is 0.675. The van der Waals surface area contributed by atoms with E-state index in [1.54, 1.807) is 12.3 Å². The van der Waals surface area contributed by atoms with Gasteiger partial charge in [0.2, 0.25) is 5.91 Å². The lowest BCUT2D eigenvalue weighted by Crippen LogP contribution is -2.38. The molecule has 0 aromatic carbocycles. The lowest BCUT2D eigenvalue weighted by molar-refractivity contribution is -0.130. The SMILES string of the molecule is CCCCCN(C(=O)CSCc1cc(=O)n2ccsc2n1)C(C)C. The number of nitrogens with zero attached hydrogens (tertiary/aromatic N) is 3. The molecule has 24 heavy (non-hydrogen) atoms. The van der Waals surface area contributed by atoms with Crippen LogP contribution in [-0.2, 0) is 10.5 Å². The zero-order valence-electron chi connectivity index (χ0n) is 14.5. The van der Waals surface area contributed by atoms with Gasteiger partial charge in [-0.1, -0.05) is 19.8 Å². The van der Waals surface area contributed by atoms with Gasteiger partial charge in [-0.15, -0.1) is 23.1 Å². The van der Waals surface area contributed by atoms with Gasteiger partial charge >= 0.3 is 0 Å². The predicted molar refractivity (Wildman–Crippen MR) is 102 cm³/mol. The van der Waals surface area contributed by atoms with Crippen LogP contribution < -0.4 is 5.56 Å². The van der Waals surface area contributed by atoms with Crippen molar-refractivity contribution in [2.24, 2.45) is 0 Å². The number of amides is 1. The van der Waals surface area contributed by atoms with Crippen molar-refractivity contribution in [1.82, 2.24) is 14.3 Å². The molecule has 0 saturated carbocycles. The lowest BCUT2D eigenvalue weighted by atomic mass is 10.2. The van der Waals surface area contributed by atoms with Crippen molar-refractivity contribution in [3.8, 4) is 0 Å². The standard InChI is InChI=1S/C17H25N3O2S2/c1-4-5-6-7-19(13(2)3)16(22)12-23-11-14-10-15(21)20-8-9-24-17(20)18-14/h8-10,13H,4-7,11-12H2,1-3H3. The van der Waals surface area contributed by atoms with E-state index in [2.05, 4.69) is 25.8 Å². The molecule has 0 N–H and O–H groups in total. The Morgan fingerprint density at radius 2 is 2.21 bits per heavy atom. The van der Waals surface area contributed by atoms with Crippen molar-refractivity contribution >= 4 is 34.0 Å². The smallest absolute Gasteiger partial charge is 0.258 e. The summed E-state index contributed by atoms with van der Waals surface area (Å²) < 4.78 is 1.54. The molecule has 132 valence electrons. The number of aromatic nitrogens is 2. The number of hydrogen-bond acceptors (Lipinski definition) is 5. The van der Waals surface area contributed by atoms with Gasteiger partial charge in [0, 0.05) is 36.0 Å². The number of fused-ring (bicyclic) bond motifs is 1. The van der Waals surface area contributed by atoms with Crippen LogP contribution in [0.4, 0.5) is 0 Å². The first-order valence-electron chi connectivity index (χ1n) is 8.36. The fourth-order valence-electron chi connectivity index (χ4n) is 2.49. The van der Waals surface area contributed by atoms with Crippen LogP contribution in [0.3, 0.4) is 0 Å². The maximum Gasteiger partial charge on any atom is 0.258 e. The van der Waals surface area contributed by atoms with Gasteiger partial charge in [-0.25, -0.2) is 4.98 Å². The Morgan fingerprint density at radius 1 is 1.42 bits per heavy atom. The normalized spacial score (nSPS) is 11.3. The Kier molecular flexibility index (Phi) is 7.30. The maximum absolute atomic E-state index is 12.4. The number of thiazole rings is 1. The second-order valence-corrected chi connectivity index (χ2v) is 7.88. The number of carbonyl (C=O) groups excluding carboxylic acids is 1. The Balaban J connectivity index is 1.88. The summed E-state index contributed by atoms with van der Waals surface area (Å²) in [6, 6.07) is 1.78. The van der Waals surface area contributed by atoms with Crippen LogP contribution in [-0.4, -0.2) is 38.5 Å². The number of unbranched alkanes of at least 4 members (excludes halogenated alkanes) is 2. The second kappa shape index (κ2) is 9.22. The van der Waals surface area contributed by atoms with Crippen molar-refractivity contribution in [3.05, 3.63) is 33.7 Å². The summed E-state index contributed by atoms with van der Waals surface area (Å²) in [5.74, 6) is 1.17. The molecule has 2 aromatic heterocycles. The van der Waals surface area contributed by atoms with E-state index in [9.17, 15) is 9.59 Å². The van der Waals surface area contributed by atoms with Crippen LogP contribution in [0, 0.1) is 0 Å². The number of hydrogen-bond donors (Lipinski definition) is 0. The lowest BCUT2D eigenvalue weighted by Gasteiger charge is -2.26. The van der Waals surface area contributed by atoms with Crippen LogP contribution in [0.25, 0.3) is 4.96 Å². The van der Waals surface area contributed by atoms with E-state index in [0.717, 1.165) is 31.5 Å². The zero-order valence-corrected chi connectivity index (χ0v) is 16.2. The number of thioether (sulfide) groups is 1. The summed E-state index contributed by atoms with van der Waals surface area (Å²) in [6.45, 7) is 7.10. The van der Waals surface area contributed by atoms with E-state index in [4.69, 9.17) is 0 Å². The van der Waals surface area contributed by atoms with Crippen LogP contribution in [0.1, 0.15) is 45.7 Å². The van der Waals surface area contributed by atoms with Crippen molar-refractivity contribution in [1.29, 1.82) is 0 Å². The third-order valence-corrected chi connectivity index (χ3v) is 5.49. The zero-order chi connectivity index (χ0) is 17.5. The second-order valence-electron chi connectivity index (χ2n) is 6.02. The predicted octanol–water partition coefficient (Wildman–Crippen LogP) is 3.42. The Morgan fingerprint density at radius 3 is 2.92 bits per heavy atom. The van der Waals surface area contributed by atoms with E-state index in [1.165, 1.54) is 27.5 Å². The highest BCUT2D eigenvalue weighted by Crippen LogP contribution is 2.14. The number of carbonyl (C=O) groups is 1. The minimum Gasteiger partial charge on any atom is -0.340 e. The van der Waals surface area contributed by atoms with Crippen LogP contribution in [0.5, 0.6) is 0 Å². The summed E-state index contributed by atoms with van der Waals surface area (Å²) >= 11 is 2.96. The molecular weight excluding hydrogens is 342 g/mol. The minimum absolute atomic E-state index is 0.0634. The fraction of sp³-hybridized carbons (Fsp3) is 0.588. The molecule has 1 amide bonds. The van der Waals surface area contributed by atoms with E-state index in [0.29, 0.717) is 16.5 Å². The van der Waals surface area contributed by atoms with E-state index < -0.39 is 0 Å². The van der Waals surface area contributed by atoms with Crippen LogP contribution in [0.2, 0.25) is 0 Å². The molecule has 0 unspecified atom stereocenters. The van der Waals surface area contributed by atoms with Gasteiger partial charge in [-0.05, 0) is 20.3 Å². The van der Waals surface area contributed by atoms with Gasteiger partial charge in [0.25, 0.3) is 5.56 Å². The van der Waals surface area contributed by atoms with Gasteiger partial charge in [0.1, 0.15) is 0 Å². The van der Waals surface area contributed by atoms with E-state index in [-0.39, 0.29) is 17.5 Å². The molecule has 7 heteroatoms. The van der Waals surface area contributed by atoms with Gasteiger partial charge < -0.3 is 4.90 Å². The molecule has 0 aliphatic carbocycles. The monoisotopic (exact) mass is 367 g/mol. The molecule has 5 nitrogen and oxygen atoms in total. The first-order valence-corrected chi connectivity index (χ1v) is 10.4. The Hall–Kier alpha value is -1.34. The van der Waals surface area contributed by atoms with Gasteiger partial charge in [-0.2, -0.15) is 0 Å². The first kappa shape index (κ1) is 19.0. The third kappa shape index (κ3) is 5.08. The van der Waals surface area contributed by atoms with E-state index >= 15 is 0 Å². The summed E-state index contributed by atoms with van der Waals surface area (Å²) in [7, 11) is 0. The summed E-state index contributed by atoms with van der Waals surface area (Å²) in [6.07, 6.45) is 5.09.